The van der Waals surface area contributed by atoms with E-state index in [-0.39, 0.29) is 16.9 Å². The van der Waals surface area contributed by atoms with Gasteiger partial charge in [-0.05, 0) is 32.0 Å². The van der Waals surface area contributed by atoms with Gasteiger partial charge in [-0.15, -0.1) is 0 Å². The number of carbonyl (C=O) groups is 2. The summed E-state index contributed by atoms with van der Waals surface area (Å²) in [5, 5.41) is 73.8. The second-order valence-electron chi connectivity index (χ2n) is 11.7. The smallest absolute Gasteiger partial charge is 0.303 e. The van der Waals surface area contributed by atoms with E-state index in [1.165, 1.54) is 19.9 Å². The third-order valence-electron chi connectivity index (χ3n) is 8.12. The summed E-state index contributed by atoms with van der Waals surface area (Å²) in [6.07, 6.45) is -15.0. The number of carbonyl (C=O) groups excluding carboxylic acids is 2. The predicted molar refractivity (Wildman–Crippen MR) is 165 cm³/mol. The molecule has 3 heterocycles. The Morgan fingerprint density at radius 1 is 0.740 bits per heavy atom. The van der Waals surface area contributed by atoms with Gasteiger partial charge in [0.05, 0.1) is 19.3 Å². The maximum atomic E-state index is 14.1. The number of rotatable bonds is 8. The van der Waals surface area contributed by atoms with Crippen molar-refractivity contribution in [1.82, 2.24) is 0 Å². The van der Waals surface area contributed by atoms with Gasteiger partial charge in [-0.2, -0.15) is 0 Å². The molecule has 0 amide bonds. The minimum absolute atomic E-state index is 0.0539. The topological polar surface area (TPSA) is 271 Å². The Hall–Kier alpha value is -4.85. The van der Waals surface area contributed by atoms with Crippen LogP contribution in [0, 0.1) is 0 Å². The maximum Gasteiger partial charge on any atom is 0.303 e. The van der Waals surface area contributed by atoms with Gasteiger partial charge < -0.3 is 73.3 Å². The van der Waals surface area contributed by atoms with Crippen LogP contribution >= 0.6 is 0 Å². The van der Waals surface area contributed by atoms with Crippen molar-refractivity contribution < 1.29 is 82.9 Å². The second-order valence-corrected chi connectivity index (χ2v) is 11.7. The zero-order valence-corrected chi connectivity index (χ0v) is 27.2. The Morgan fingerprint density at radius 2 is 1.36 bits per heavy atom. The highest BCUT2D eigenvalue weighted by atomic mass is 16.7. The number of fused-ring (bicyclic) bond motifs is 1. The van der Waals surface area contributed by atoms with Crippen molar-refractivity contribution in [3.05, 3.63) is 34.5 Å². The van der Waals surface area contributed by atoms with E-state index < -0.39 is 119 Å². The number of aliphatic hydroxyl groups excluding tert-OH is 4. The van der Waals surface area contributed by atoms with Crippen molar-refractivity contribution in [3.63, 3.8) is 0 Å². The van der Waals surface area contributed by atoms with E-state index in [4.69, 9.17) is 37.6 Å². The number of phenolic OH excluding ortho intramolecular Hbond substituents is 3. The van der Waals surface area contributed by atoms with Crippen molar-refractivity contribution in [3.8, 4) is 45.8 Å². The number of aliphatic hydroxyl groups is 4. The highest BCUT2D eigenvalue weighted by Crippen LogP contribution is 2.46. The summed E-state index contributed by atoms with van der Waals surface area (Å²) in [6, 6.07) is 4.44. The quantitative estimate of drug-likeness (QED) is 0.121. The molecule has 4 unspecified atom stereocenters. The van der Waals surface area contributed by atoms with E-state index >= 15 is 0 Å². The van der Waals surface area contributed by atoms with Gasteiger partial charge in [0.2, 0.25) is 29.5 Å². The fourth-order valence-electron chi connectivity index (χ4n) is 5.65. The van der Waals surface area contributed by atoms with Gasteiger partial charge >= 0.3 is 11.9 Å². The van der Waals surface area contributed by atoms with Crippen molar-refractivity contribution in [2.24, 2.45) is 0 Å². The molecule has 0 saturated carbocycles. The maximum absolute atomic E-state index is 14.1. The number of phenols is 3. The number of hydrogen-bond acceptors (Lipinski definition) is 18. The number of methoxy groups -OCH3 is 1. The molecule has 5 rings (SSSR count). The molecule has 1 aromatic heterocycles. The lowest BCUT2D eigenvalue weighted by molar-refractivity contribution is -0.272. The first kappa shape index (κ1) is 36.4. The molecule has 3 aromatic rings. The van der Waals surface area contributed by atoms with Gasteiger partial charge in [0, 0.05) is 25.5 Å². The SMILES string of the molecule is COc1c(O[C@@H]2OC(C)[C@H](O)[C@H](OC(C)=O)C2O)cc2oc(-c3ccc(O)c(O)c3)c(O[C@@H]3OC(C)[C@H](OC(C)=O)C(O)[C@@H]3O)c(=O)c2c1O. The molecule has 0 aliphatic carbocycles. The van der Waals surface area contributed by atoms with Crippen molar-refractivity contribution in [2.45, 2.75) is 89.1 Å². The summed E-state index contributed by atoms with van der Waals surface area (Å²) in [6.45, 7) is 5.03. The Labute approximate surface area is 282 Å². The average Bonchev–Trinajstić information content (AvgIpc) is 3.04. The largest absolute Gasteiger partial charge is 0.504 e. The number of hydrogen-bond donors (Lipinski definition) is 7. The summed E-state index contributed by atoms with van der Waals surface area (Å²) < 4.78 is 44.3. The highest BCUT2D eigenvalue weighted by Gasteiger charge is 2.48. The molecule has 0 bridgehead atoms. The van der Waals surface area contributed by atoms with Crippen molar-refractivity contribution in [1.29, 1.82) is 0 Å². The normalized spacial score (nSPS) is 29.6. The molecule has 2 saturated heterocycles. The molecule has 2 aliphatic rings. The van der Waals surface area contributed by atoms with Crippen LogP contribution in [0.1, 0.15) is 27.7 Å². The van der Waals surface area contributed by atoms with Crippen LogP contribution < -0.4 is 19.6 Å². The van der Waals surface area contributed by atoms with Crippen LogP contribution in [0.15, 0.2) is 33.5 Å². The Bertz CT molecular complexity index is 1820. The van der Waals surface area contributed by atoms with Crippen LogP contribution in [0.3, 0.4) is 0 Å². The fraction of sp³-hybridized carbons (Fsp3) is 0.469. The van der Waals surface area contributed by atoms with Gasteiger partial charge in [-0.1, -0.05) is 0 Å². The van der Waals surface area contributed by atoms with Gasteiger partial charge in [-0.25, -0.2) is 0 Å². The summed E-state index contributed by atoms with van der Waals surface area (Å²) in [7, 11) is 1.13. The van der Waals surface area contributed by atoms with E-state index in [9.17, 15) is 50.1 Å². The Kier molecular flexibility index (Phi) is 10.3. The van der Waals surface area contributed by atoms with Crippen LogP contribution in [0.4, 0.5) is 0 Å². The monoisotopic (exact) mass is 708 g/mol. The molecule has 7 N–H and O–H groups in total. The van der Waals surface area contributed by atoms with E-state index in [0.717, 1.165) is 39.2 Å². The number of esters is 2. The molecule has 18 nitrogen and oxygen atoms in total. The lowest BCUT2D eigenvalue weighted by Gasteiger charge is -2.40. The predicted octanol–water partition coefficient (Wildman–Crippen LogP) is 0.140. The Morgan fingerprint density at radius 3 is 1.98 bits per heavy atom. The van der Waals surface area contributed by atoms with Crippen LogP contribution in [-0.4, -0.2) is 116 Å². The number of benzene rings is 2. The van der Waals surface area contributed by atoms with Crippen LogP contribution in [-0.2, 0) is 28.5 Å². The number of aromatic hydroxyl groups is 3. The van der Waals surface area contributed by atoms with E-state index in [0.29, 0.717) is 0 Å². The van der Waals surface area contributed by atoms with Crippen molar-refractivity contribution >= 4 is 22.9 Å². The van der Waals surface area contributed by atoms with Gasteiger partial charge in [-0.3, -0.25) is 14.4 Å². The van der Waals surface area contributed by atoms with E-state index in [1.807, 2.05) is 0 Å². The average molecular weight is 709 g/mol. The molecule has 2 fully saturated rings. The molecule has 2 aromatic carbocycles. The first-order valence-electron chi connectivity index (χ1n) is 15.2. The zero-order valence-electron chi connectivity index (χ0n) is 27.2. The molecule has 0 radical (unpaired) electrons. The summed E-state index contributed by atoms with van der Waals surface area (Å²) in [4.78, 5) is 37.3. The van der Waals surface area contributed by atoms with E-state index in [2.05, 4.69) is 0 Å². The van der Waals surface area contributed by atoms with Crippen molar-refractivity contribution in [2.75, 3.05) is 7.11 Å². The minimum atomic E-state index is -1.88. The fourth-order valence-corrected chi connectivity index (χ4v) is 5.65. The van der Waals surface area contributed by atoms with E-state index in [1.54, 1.807) is 0 Å². The van der Waals surface area contributed by atoms with Gasteiger partial charge in [0.15, 0.2) is 47.1 Å². The molecule has 272 valence electrons. The lowest BCUT2D eigenvalue weighted by Crippen LogP contribution is -2.59. The summed E-state index contributed by atoms with van der Waals surface area (Å²) >= 11 is 0. The third kappa shape index (κ3) is 6.80. The first-order valence-corrected chi connectivity index (χ1v) is 15.2. The first-order chi connectivity index (χ1) is 23.5. The second kappa shape index (κ2) is 14.2. The standard InChI is InChI=1S/C32H36O18/c1-10-20(37)29(47-13(4)34)25(42)32(44-10)49-18-9-17-19(21(38)28(18)43-5)22(39)30(27(48-17)14-6-7-15(35)16(36)8-14)50-31-24(41)23(40)26(11(2)45-31)46-12(3)33/h6-11,20,23-26,29,31-32,35-38,40-42H,1-5H3/t10?,11?,20-,23?,24-,25?,26-,29-,31-,32-/m0/s1. The number of ether oxygens (including phenoxy) is 7. The molecule has 50 heavy (non-hydrogen) atoms. The van der Waals surface area contributed by atoms with Crippen LogP contribution in [0.25, 0.3) is 22.3 Å². The molecular formula is C32H36O18. The molecule has 2 aliphatic heterocycles. The Balaban J connectivity index is 1.63. The van der Waals surface area contributed by atoms with Crippen LogP contribution in [0.5, 0.6) is 34.5 Å². The zero-order chi connectivity index (χ0) is 36.8. The lowest BCUT2D eigenvalue weighted by atomic mass is 9.99. The third-order valence-corrected chi connectivity index (χ3v) is 8.12. The van der Waals surface area contributed by atoms with Crippen LogP contribution in [0.2, 0.25) is 0 Å². The van der Waals surface area contributed by atoms with Gasteiger partial charge in [0.1, 0.15) is 29.3 Å². The highest BCUT2D eigenvalue weighted by molar-refractivity contribution is 5.91. The molecular weight excluding hydrogens is 672 g/mol. The molecule has 18 heteroatoms. The van der Waals surface area contributed by atoms with Gasteiger partial charge in [0.25, 0.3) is 0 Å². The minimum Gasteiger partial charge on any atom is -0.504 e. The molecule has 0 spiro atoms. The molecule has 10 atom stereocenters. The summed E-state index contributed by atoms with van der Waals surface area (Å²) in [5.74, 6) is -5.45. The summed E-state index contributed by atoms with van der Waals surface area (Å²) in [5.41, 5.74) is -1.50.